The average Bonchev–Trinajstić information content (AvgIpc) is 2.76. The minimum absolute atomic E-state index is 0.0732. The summed E-state index contributed by atoms with van der Waals surface area (Å²) in [5.41, 5.74) is 9.26. The Balaban J connectivity index is 2.28. The summed E-state index contributed by atoms with van der Waals surface area (Å²) in [5.74, 6) is -0.0732. The monoisotopic (exact) mass is 246 g/mol. The zero-order valence-corrected chi connectivity index (χ0v) is 10.6. The van der Waals surface area contributed by atoms with Crippen molar-refractivity contribution in [3.63, 3.8) is 0 Å². The second-order valence-electron chi connectivity index (χ2n) is 3.96. The molecule has 0 bridgehead atoms. The third kappa shape index (κ3) is 2.47. The normalized spacial score (nSPS) is 10.2. The van der Waals surface area contributed by atoms with Gasteiger partial charge in [0.25, 0.3) is 5.91 Å². The molecular weight excluding hydrogens is 232 g/mol. The maximum atomic E-state index is 11.9. The zero-order valence-electron chi connectivity index (χ0n) is 9.78. The Labute approximate surface area is 104 Å². The summed E-state index contributed by atoms with van der Waals surface area (Å²) < 4.78 is 0. The van der Waals surface area contributed by atoms with Crippen LogP contribution in [-0.2, 0) is 0 Å². The van der Waals surface area contributed by atoms with E-state index < -0.39 is 0 Å². The fraction of sp³-hybridized carbons (Fsp3) is 0.154. The molecule has 17 heavy (non-hydrogen) atoms. The van der Waals surface area contributed by atoms with Crippen LogP contribution in [0.3, 0.4) is 0 Å². The zero-order chi connectivity index (χ0) is 12.4. The first kappa shape index (κ1) is 11.7. The first-order chi connectivity index (χ1) is 8.08. The van der Waals surface area contributed by atoms with E-state index in [-0.39, 0.29) is 5.91 Å². The number of carbonyl (C=O) groups excluding carboxylic acids is 1. The van der Waals surface area contributed by atoms with E-state index >= 15 is 0 Å². The van der Waals surface area contributed by atoms with Crippen LogP contribution >= 0.6 is 11.3 Å². The Bertz CT molecular complexity index is 524. The Morgan fingerprint density at radius 2 is 1.94 bits per heavy atom. The molecule has 0 saturated heterocycles. The number of carbonyl (C=O) groups is 1. The van der Waals surface area contributed by atoms with Gasteiger partial charge in [0.15, 0.2) is 0 Å². The van der Waals surface area contributed by atoms with Gasteiger partial charge in [0.2, 0.25) is 0 Å². The molecule has 2 rings (SSSR count). The number of hydrogen-bond donors (Lipinski definition) is 2. The number of nitrogens with two attached hydrogens (primary N) is 1. The van der Waals surface area contributed by atoms with Crippen LogP contribution in [-0.4, -0.2) is 5.91 Å². The minimum Gasteiger partial charge on any atom is -0.399 e. The summed E-state index contributed by atoms with van der Waals surface area (Å²) in [6.07, 6.45) is 0. The van der Waals surface area contributed by atoms with E-state index in [9.17, 15) is 4.79 Å². The van der Waals surface area contributed by atoms with Crippen molar-refractivity contribution < 1.29 is 4.79 Å². The molecule has 0 saturated carbocycles. The average molecular weight is 246 g/mol. The van der Waals surface area contributed by atoms with Crippen molar-refractivity contribution in [1.29, 1.82) is 0 Å². The summed E-state index contributed by atoms with van der Waals surface area (Å²) in [5, 5.41) is 4.81. The molecule has 4 heteroatoms. The maximum Gasteiger partial charge on any atom is 0.265 e. The van der Waals surface area contributed by atoms with Crippen molar-refractivity contribution in [2.75, 3.05) is 11.1 Å². The SMILES string of the molecule is Cc1cc(N)cc(C)c1NC(=O)c1cccs1. The topological polar surface area (TPSA) is 55.1 Å². The Hall–Kier alpha value is -1.81. The quantitative estimate of drug-likeness (QED) is 0.799. The van der Waals surface area contributed by atoms with Crippen molar-refractivity contribution >= 4 is 28.6 Å². The second-order valence-corrected chi connectivity index (χ2v) is 4.91. The van der Waals surface area contributed by atoms with Crippen molar-refractivity contribution in [1.82, 2.24) is 0 Å². The standard InChI is InChI=1S/C13H14N2OS/c1-8-6-10(14)7-9(2)12(8)15-13(16)11-4-3-5-17-11/h3-7H,14H2,1-2H3,(H,15,16). The van der Waals surface area contributed by atoms with Crippen LogP contribution in [0.25, 0.3) is 0 Å². The number of benzene rings is 1. The summed E-state index contributed by atoms with van der Waals surface area (Å²) >= 11 is 1.43. The number of nitrogen functional groups attached to an aromatic ring is 1. The van der Waals surface area contributed by atoms with E-state index in [0.717, 1.165) is 16.8 Å². The highest BCUT2D eigenvalue weighted by molar-refractivity contribution is 7.12. The number of thiophene rings is 1. The Morgan fingerprint density at radius 1 is 1.29 bits per heavy atom. The number of nitrogens with one attached hydrogen (secondary N) is 1. The first-order valence-electron chi connectivity index (χ1n) is 5.29. The highest BCUT2D eigenvalue weighted by Gasteiger charge is 2.10. The van der Waals surface area contributed by atoms with Crippen molar-refractivity contribution in [2.45, 2.75) is 13.8 Å². The van der Waals surface area contributed by atoms with E-state index in [1.807, 2.05) is 43.5 Å². The molecule has 0 radical (unpaired) electrons. The highest BCUT2D eigenvalue weighted by Crippen LogP contribution is 2.24. The fourth-order valence-corrected chi connectivity index (χ4v) is 2.40. The van der Waals surface area contributed by atoms with Gasteiger partial charge in [-0.1, -0.05) is 6.07 Å². The van der Waals surface area contributed by atoms with Gasteiger partial charge in [-0.15, -0.1) is 11.3 Å². The number of amides is 1. The van der Waals surface area contributed by atoms with Crippen molar-refractivity contribution in [2.24, 2.45) is 0 Å². The van der Waals surface area contributed by atoms with Crippen LogP contribution in [0.1, 0.15) is 20.8 Å². The summed E-state index contributed by atoms with van der Waals surface area (Å²) in [7, 11) is 0. The molecular formula is C13H14N2OS. The predicted molar refractivity (Wildman–Crippen MR) is 72.6 cm³/mol. The third-order valence-electron chi connectivity index (χ3n) is 2.54. The molecule has 0 atom stereocenters. The van der Waals surface area contributed by atoms with Gasteiger partial charge in [-0.25, -0.2) is 0 Å². The first-order valence-corrected chi connectivity index (χ1v) is 6.17. The van der Waals surface area contributed by atoms with Gasteiger partial charge >= 0.3 is 0 Å². The molecule has 1 heterocycles. The number of aryl methyl sites for hydroxylation is 2. The molecule has 3 N–H and O–H groups in total. The molecule has 3 nitrogen and oxygen atoms in total. The van der Waals surface area contributed by atoms with Gasteiger partial charge in [-0.3, -0.25) is 4.79 Å². The maximum absolute atomic E-state index is 11.9. The van der Waals surface area contributed by atoms with E-state index in [0.29, 0.717) is 10.6 Å². The van der Waals surface area contributed by atoms with Crippen LogP contribution < -0.4 is 11.1 Å². The van der Waals surface area contributed by atoms with Crippen molar-refractivity contribution in [3.8, 4) is 0 Å². The van der Waals surface area contributed by atoms with Crippen LogP contribution in [0.15, 0.2) is 29.6 Å². The van der Waals surface area contributed by atoms with Crippen molar-refractivity contribution in [3.05, 3.63) is 45.6 Å². The van der Waals surface area contributed by atoms with E-state index in [4.69, 9.17) is 5.73 Å². The van der Waals surface area contributed by atoms with Gasteiger partial charge in [-0.05, 0) is 48.6 Å². The second kappa shape index (κ2) is 4.59. The molecule has 88 valence electrons. The Kier molecular flexibility index (Phi) is 3.15. The summed E-state index contributed by atoms with van der Waals surface area (Å²) in [6, 6.07) is 7.39. The van der Waals surface area contributed by atoms with Gasteiger partial charge in [-0.2, -0.15) is 0 Å². The van der Waals surface area contributed by atoms with Crippen LogP contribution in [0, 0.1) is 13.8 Å². The van der Waals surface area contributed by atoms with Crippen LogP contribution in [0.2, 0.25) is 0 Å². The minimum atomic E-state index is -0.0732. The summed E-state index contributed by atoms with van der Waals surface area (Å²) in [4.78, 5) is 12.6. The molecule has 0 spiro atoms. The van der Waals surface area contributed by atoms with Gasteiger partial charge in [0.05, 0.1) is 4.88 Å². The van der Waals surface area contributed by atoms with E-state index in [2.05, 4.69) is 5.32 Å². The molecule has 1 amide bonds. The lowest BCUT2D eigenvalue weighted by atomic mass is 10.1. The molecule has 0 aliphatic carbocycles. The van der Waals surface area contributed by atoms with E-state index in [1.54, 1.807) is 0 Å². The lowest BCUT2D eigenvalue weighted by Crippen LogP contribution is -2.12. The number of hydrogen-bond acceptors (Lipinski definition) is 3. The highest BCUT2D eigenvalue weighted by atomic mass is 32.1. The lowest BCUT2D eigenvalue weighted by Gasteiger charge is -2.11. The van der Waals surface area contributed by atoms with Crippen LogP contribution in [0.4, 0.5) is 11.4 Å². The predicted octanol–water partition coefficient (Wildman–Crippen LogP) is 3.20. The molecule has 1 aromatic heterocycles. The molecule has 2 aromatic rings. The molecule has 0 unspecified atom stereocenters. The smallest absolute Gasteiger partial charge is 0.265 e. The number of anilines is 2. The Morgan fingerprint density at radius 3 is 2.47 bits per heavy atom. The van der Waals surface area contributed by atoms with Gasteiger partial charge < -0.3 is 11.1 Å². The number of rotatable bonds is 2. The largest absolute Gasteiger partial charge is 0.399 e. The molecule has 0 aliphatic heterocycles. The molecule has 1 aromatic carbocycles. The molecule has 0 fully saturated rings. The third-order valence-corrected chi connectivity index (χ3v) is 3.41. The fourth-order valence-electron chi connectivity index (χ4n) is 1.78. The summed E-state index contributed by atoms with van der Waals surface area (Å²) in [6.45, 7) is 3.88. The lowest BCUT2D eigenvalue weighted by molar-refractivity contribution is 0.103. The van der Waals surface area contributed by atoms with Gasteiger partial charge in [0, 0.05) is 11.4 Å². The van der Waals surface area contributed by atoms with Gasteiger partial charge in [0.1, 0.15) is 0 Å². The van der Waals surface area contributed by atoms with E-state index in [1.165, 1.54) is 11.3 Å². The molecule has 0 aliphatic rings. The van der Waals surface area contributed by atoms with Crippen LogP contribution in [0.5, 0.6) is 0 Å².